The van der Waals surface area contributed by atoms with E-state index in [9.17, 15) is 14.7 Å². The molecule has 1 saturated heterocycles. The fourth-order valence-corrected chi connectivity index (χ4v) is 5.98. The number of hydrogen-bond donors (Lipinski definition) is 2. The first-order valence-electron chi connectivity index (χ1n) is 12.6. The second-order valence-corrected chi connectivity index (χ2v) is 9.91. The third-order valence-electron chi connectivity index (χ3n) is 7.86. The van der Waals surface area contributed by atoms with Gasteiger partial charge in [-0.2, -0.15) is 0 Å². The van der Waals surface area contributed by atoms with Crippen LogP contribution in [0.1, 0.15) is 51.5 Å². The number of fused-ring (bicyclic) bond motifs is 3. The Morgan fingerprint density at radius 3 is 2.86 bits per heavy atom. The smallest absolute Gasteiger partial charge is 0.407 e. The number of benzene rings is 2. The Bertz CT molecular complexity index is 1590. The van der Waals surface area contributed by atoms with Crippen LogP contribution in [0.25, 0.3) is 33.3 Å². The maximum Gasteiger partial charge on any atom is 0.407 e. The van der Waals surface area contributed by atoms with Crippen LogP contribution in [0.4, 0.5) is 4.79 Å². The highest BCUT2D eigenvalue weighted by atomic mass is 16.5. The van der Waals surface area contributed by atoms with Crippen molar-refractivity contribution in [2.75, 3.05) is 13.2 Å². The molecule has 2 aromatic carbocycles. The predicted octanol–water partition coefficient (Wildman–Crippen LogP) is 5.45. The van der Waals surface area contributed by atoms with Gasteiger partial charge in [0.05, 0.1) is 24.8 Å². The van der Waals surface area contributed by atoms with Gasteiger partial charge in [0.1, 0.15) is 12.3 Å². The third-order valence-corrected chi connectivity index (χ3v) is 7.86. The summed E-state index contributed by atoms with van der Waals surface area (Å²) in [4.78, 5) is 33.6. The Labute approximate surface area is 212 Å². The van der Waals surface area contributed by atoms with Gasteiger partial charge in [0.15, 0.2) is 0 Å². The number of likely N-dealkylation sites (tertiary alicyclic amines) is 1. The van der Waals surface area contributed by atoms with Gasteiger partial charge in [-0.25, -0.2) is 14.6 Å². The molecule has 8 nitrogen and oxygen atoms in total. The van der Waals surface area contributed by atoms with Crippen molar-refractivity contribution in [3.05, 3.63) is 76.6 Å². The minimum atomic E-state index is -0.878. The lowest BCUT2D eigenvalue weighted by molar-refractivity contribution is 0.0535. The van der Waals surface area contributed by atoms with Gasteiger partial charge in [0.25, 0.3) is 0 Å². The van der Waals surface area contributed by atoms with E-state index in [0.717, 1.165) is 69.2 Å². The molecular weight excluding hydrogens is 470 g/mol. The second-order valence-electron chi connectivity index (χ2n) is 9.91. The molecule has 0 spiro atoms. The first kappa shape index (κ1) is 22.1. The number of amides is 1. The highest BCUT2D eigenvalue weighted by molar-refractivity contribution is 5.99. The van der Waals surface area contributed by atoms with Crippen molar-refractivity contribution in [2.45, 2.75) is 38.5 Å². The monoisotopic (exact) mass is 495 g/mol. The lowest BCUT2D eigenvalue weighted by Crippen LogP contribution is -2.30. The van der Waals surface area contributed by atoms with Crippen LogP contribution >= 0.6 is 0 Å². The van der Waals surface area contributed by atoms with Crippen LogP contribution in [0, 0.1) is 0 Å². The van der Waals surface area contributed by atoms with E-state index >= 15 is 0 Å². The molecule has 0 saturated carbocycles. The number of carbonyl (C=O) groups is 2. The van der Waals surface area contributed by atoms with E-state index < -0.39 is 6.09 Å². The van der Waals surface area contributed by atoms with Crippen LogP contribution in [0.3, 0.4) is 0 Å². The number of pyridine rings is 1. The summed E-state index contributed by atoms with van der Waals surface area (Å²) < 4.78 is 10.9. The topological polar surface area (TPSA) is 105 Å². The minimum absolute atomic E-state index is 0.168. The van der Waals surface area contributed by atoms with Gasteiger partial charge in [0.2, 0.25) is 0 Å². The molecule has 2 N–H and O–H groups in total. The zero-order valence-corrected chi connectivity index (χ0v) is 20.1. The molecule has 7 rings (SSSR count). The van der Waals surface area contributed by atoms with Crippen LogP contribution in [0.5, 0.6) is 0 Å². The summed E-state index contributed by atoms with van der Waals surface area (Å²) in [7, 11) is 0. The summed E-state index contributed by atoms with van der Waals surface area (Å²) in [6.07, 6.45) is 5.36. The Morgan fingerprint density at radius 2 is 1.97 bits per heavy atom. The number of carboxylic acid groups (broad SMARTS) is 1. The number of ether oxygens (including phenoxy) is 2. The number of hydrogen-bond acceptors (Lipinski definition) is 5. The summed E-state index contributed by atoms with van der Waals surface area (Å²) in [6.45, 7) is 2.03. The number of H-pyrrole nitrogens is 1. The van der Waals surface area contributed by atoms with Crippen molar-refractivity contribution in [3.8, 4) is 22.3 Å². The van der Waals surface area contributed by atoms with Crippen LogP contribution in [-0.4, -0.2) is 45.2 Å². The Morgan fingerprint density at radius 1 is 1.05 bits per heavy atom. The predicted molar refractivity (Wildman–Crippen MR) is 136 cm³/mol. The molecule has 0 bridgehead atoms. The summed E-state index contributed by atoms with van der Waals surface area (Å²) in [5.74, 6) is -0.289. The SMILES string of the molecule is O=C1OCc2ccc(-c3c[nH]c4ncc(-c5cc6c(c([C@@H]7CCCN7C(=O)O)c5)COCC6)cc34)cc21. The average Bonchev–Trinajstić information content (AvgIpc) is 3.66. The average molecular weight is 496 g/mol. The number of rotatable bonds is 3. The number of aromatic nitrogens is 2. The number of nitrogens with one attached hydrogen (secondary N) is 1. The highest BCUT2D eigenvalue weighted by Crippen LogP contribution is 2.40. The fraction of sp³-hybridized carbons (Fsp3) is 0.276. The van der Waals surface area contributed by atoms with Crippen molar-refractivity contribution in [1.82, 2.24) is 14.9 Å². The summed E-state index contributed by atoms with van der Waals surface area (Å²) >= 11 is 0. The maximum atomic E-state index is 12.1. The molecule has 8 heteroatoms. The molecule has 4 aromatic rings. The standard InChI is InChI=1S/C29H25N3O5/c33-28-21-9-16(3-4-18(21)14-37-28)24-13-31-27-23(24)11-20(12-30-27)19-8-17-5-7-36-15-25(17)22(10-19)26-2-1-6-32(26)29(34)35/h3-4,8-13,26H,1-2,5-7,14-15H2,(H,30,31)(H,34,35)/t26-/m0/s1. The van der Waals surface area contributed by atoms with E-state index in [2.05, 4.69) is 23.2 Å². The number of carbonyl (C=O) groups excluding carboxylic acids is 1. The van der Waals surface area contributed by atoms with Gasteiger partial charge in [0, 0.05) is 41.0 Å². The van der Waals surface area contributed by atoms with Gasteiger partial charge in [-0.15, -0.1) is 0 Å². The van der Waals surface area contributed by atoms with Crippen LogP contribution in [0.2, 0.25) is 0 Å². The Kier molecular flexibility index (Phi) is 5.04. The van der Waals surface area contributed by atoms with E-state index in [4.69, 9.17) is 14.5 Å². The molecule has 1 fully saturated rings. The molecule has 3 aliphatic heterocycles. The summed E-state index contributed by atoms with van der Waals surface area (Å²) in [5, 5.41) is 10.8. The van der Waals surface area contributed by atoms with Crippen molar-refractivity contribution in [1.29, 1.82) is 0 Å². The number of aromatic amines is 1. The van der Waals surface area contributed by atoms with Crippen LogP contribution < -0.4 is 0 Å². The van der Waals surface area contributed by atoms with Gasteiger partial charge >= 0.3 is 12.1 Å². The number of esters is 1. The lowest BCUT2D eigenvalue weighted by atomic mass is 9.88. The molecule has 0 radical (unpaired) electrons. The molecule has 1 atom stereocenters. The van der Waals surface area contributed by atoms with Crippen LogP contribution in [-0.2, 0) is 29.1 Å². The molecule has 37 heavy (non-hydrogen) atoms. The Hall–Kier alpha value is -4.17. The molecule has 2 aromatic heterocycles. The molecule has 5 heterocycles. The summed E-state index contributed by atoms with van der Waals surface area (Å²) in [6, 6.07) is 12.1. The largest absolute Gasteiger partial charge is 0.465 e. The van der Waals surface area contributed by atoms with Crippen molar-refractivity contribution < 1.29 is 24.2 Å². The molecule has 186 valence electrons. The van der Waals surface area contributed by atoms with E-state index in [1.165, 1.54) is 5.56 Å². The molecule has 0 unspecified atom stereocenters. The van der Waals surface area contributed by atoms with Crippen molar-refractivity contribution >= 4 is 23.1 Å². The second kappa shape index (κ2) is 8.45. The normalized spacial score (nSPS) is 18.6. The first-order valence-corrected chi connectivity index (χ1v) is 12.6. The first-order chi connectivity index (χ1) is 18.1. The molecule has 0 aliphatic carbocycles. The molecule has 3 aliphatic rings. The molecular formula is C29H25N3O5. The van der Waals surface area contributed by atoms with Gasteiger partial charge in [-0.05, 0) is 65.3 Å². The zero-order chi connectivity index (χ0) is 25.1. The van der Waals surface area contributed by atoms with E-state index in [-0.39, 0.29) is 12.0 Å². The lowest BCUT2D eigenvalue weighted by Gasteiger charge is -2.28. The van der Waals surface area contributed by atoms with Crippen molar-refractivity contribution in [2.24, 2.45) is 0 Å². The Balaban J connectivity index is 1.34. The van der Waals surface area contributed by atoms with E-state index in [0.29, 0.717) is 31.9 Å². The van der Waals surface area contributed by atoms with Gasteiger partial charge < -0.3 is 24.5 Å². The molecule has 1 amide bonds. The highest BCUT2D eigenvalue weighted by Gasteiger charge is 2.33. The fourth-order valence-electron chi connectivity index (χ4n) is 5.98. The quantitative estimate of drug-likeness (QED) is 0.366. The number of cyclic esters (lactones) is 1. The number of nitrogens with zero attached hydrogens (tertiary/aromatic N) is 2. The van der Waals surface area contributed by atoms with Crippen LogP contribution in [0.15, 0.2) is 48.8 Å². The van der Waals surface area contributed by atoms with Gasteiger partial charge in [-0.1, -0.05) is 18.2 Å². The minimum Gasteiger partial charge on any atom is -0.465 e. The maximum absolute atomic E-state index is 12.1. The third kappa shape index (κ3) is 3.59. The van der Waals surface area contributed by atoms with Gasteiger partial charge in [-0.3, -0.25) is 0 Å². The van der Waals surface area contributed by atoms with E-state index in [1.807, 2.05) is 30.6 Å². The summed E-state index contributed by atoms with van der Waals surface area (Å²) in [5.41, 5.74) is 9.52. The zero-order valence-electron chi connectivity index (χ0n) is 20.1. The van der Waals surface area contributed by atoms with Crippen molar-refractivity contribution in [3.63, 3.8) is 0 Å². The van der Waals surface area contributed by atoms with E-state index in [1.54, 1.807) is 4.90 Å².